The van der Waals surface area contributed by atoms with E-state index in [1.165, 1.54) is 11.3 Å². The number of hydrogen-bond acceptors (Lipinski definition) is 7. The first kappa shape index (κ1) is 27.0. The van der Waals surface area contributed by atoms with Gasteiger partial charge in [-0.2, -0.15) is 0 Å². The lowest BCUT2D eigenvalue weighted by Crippen LogP contribution is -2.61. The van der Waals surface area contributed by atoms with Crippen LogP contribution in [0.5, 0.6) is 0 Å². The third-order valence-electron chi connectivity index (χ3n) is 10.8. The lowest BCUT2D eigenvalue weighted by atomic mass is 9.46. The number of nitrogens with zero attached hydrogens (tertiary/aromatic N) is 1. The number of thiophene rings is 1. The van der Waals surface area contributed by atoms with Crippen LogP contribution in [0.4, 0.5) is 0 Å². The van der Waals surface area contributed by atoms with Crippen molar-refractivity contribution in [2.24, 2.45) is 28.6 Å². The summed E-state index contributed by atoms with van der Waals surface area (Å²) < 4.78 is 5.34. The summed E-state index contributed by atoms with van der Waals surface area (Å²) in [5.74, 6) is -0.342. The van der Waals surface area contributed by atoms with Gasteiger partial charge in [-0.15, -0.1) is 11.3 Å². The number of ketones is 1. The molecule has 0 spiro atoms. The maximum Gasteiger partial charge on any atom is 0.264 e. The standard InChI is InChI=1S/C29H41NO6S/c1-17(30(11-12-36-4)26(34)25-6-5-13-37-25)18-8-10-29(35)20-14-22(31)21-15-23(32)24(33)16-27(21,2)19(20)7-9-28(18,29)3/h5-6,13-14,17-19,21,23-24,32-33,35H,7-12,15-16H2,1-4H3/t17?,18?,19?,21?,23?,24?,27?,28-,29-/m1/s1. The van der Waals surface area contributed by atoms with E-state index in [1.54, 1.807) is 13.2 Å². The zero-order valence-electron chi connectivity index (χ0n) is 22.4. The maximum atomic E-state index is 13.5. The number of hydrogen-bond donors (Lipinski definition) is 3. The molecule has 7 nitrogen and oxygen atoms in total. The van der Waals surface area contributed by atoms with Gasteiger partial charge >= 0.3 is 0 Å². The number of amides is 1. The van der Waals surface area contributed by atoms with Crippen molar-refractivity contribution in [3.05, 3.63) is 34.0 Å². The summed E-state index contributed by atoms with van der Waals surface area (Å²) in [5, 5.41) is 35.2. The predicted molar refractivity (Wildman–Crippen MR) is 141 cm³/mol. The van der Waals surface area contributed by atoms with Gasteiger partial charge in [-0.05, 0) is 85.8 Å². The van der Waals surface area contributed by atoms with Gasteiger partial charge in [0.15, 0.2) is 5.78 Å². The van der Waals surface area contributed by atoms with Crippen molar-refractivity contribution in [2.75, 3.05) is 20.3 Å². The zero-order chi connectivity index (χ0) is 26.8. The van der Waals surface area contributed by atoms with Crippen LogP contribution in [0.25, 0.3) is 0 Å². The van der Waals surface area contributed by atoms with Gasteiger partial charge in [0.05, 0.1) is 29.3 Å². The van der Waals surface area contributed by atoms with Crippen molar-refractivity contribution in [1.29, 1.82) is 0 Å². The molecule has 204 valence electrons. The molecule has 1 aromatic rings. The summed E-state index contributed by atoms with van der Waals surface area (Å²) in [6.07, 6.45) is 3.47. The first-order chi connectivity index (χ1) is 17.5. The molecular weight excluding hydrogens is 490 g/mol. The number of aliphatic hydroxyl groups excluding tert-OH is 2. The van der Waals surface area contributed by atoms with Crippen LogP contribution < -0.4 is 0 Å². The van der Waals surface area contributed by atoms with E-state index in [0.717, 1.165) is 24.8 Å². The highest BCUT2D eigenvalue weighted by atomic mass is 32.1. The topological polar surface area (TPSA) is 107 Å². The van der Waals surface area contributed by atoms with E-state index in [2.05, 4.69) is 20.8 Å². The summed E-state index contributed by atoms with van der Waals surface area (Å²) in [6, 6.07) is 3.62. The minimum atomic E-state index is -1.14. The minimum absolute atomic E-state index is 0.00978. The summed E-state index contributed by atoms with van der Waals surface area (Å²) in [6.45, 7) is 7.20. The van der Waals surface area contributed by atoms with Gasteiger partial charge in [0.1, 0.15) is 0 Å². The van der Waals surface area contributed by atoms with Crippen LogP contribution in [0, 0.1) is 28.6 Å². The summed E-state index contributed by atoms with van der Waals surface area (Å²) in [4.78, 5) is 29.5. The molecule has 1 aromatic heterocycles. The van der Waals surface area contributed by atoms with Crippen LogP contribution >= 0.6 is 11.3 Å². The van der Waals surface area contributed by atoms with Crippen molar-refractivity contribution in [3.63, 3.8) is 0 Å². The van der Waals surface area contributed by atoms with Crippen molar-refractivity contribution < 1.29 is 29.6 Å². The molecule has 0 aromatic carbocycles. The second-order valence-corrected chi connectivity index (χ2v) is 13.3. The second-order valence-electron chi connectivity index (χ2n) is 12.4. The number of allylic oxidation sites excluding steroid dienone is 1. The molecule has 1 heterocycles. The molecule has 1 amide bonds. The number of ether oxygens (including phenoxy) is 1. The third kappa shape index (κ3) is 3.97. The van der Waals surface area contributed by atoms with Crippen LogP contribution in [0.15, 0.2) is 29.2 Å². The van der Waals surface area contributed by atoms with Crippen molar-refractivity contribution >= 4 is 23.0 Å². The van der Waals surface area contributed by atoms with E-state index in [-0.39, 0.29) is 41.9 Å². The van der Waals surface area contributed by atoms with Crippen LogP contribution in [-0.4, -0.2) is 76.0 Å². The smallest absolute Gasteiger partial charge is 0.264 e. The molecule has 4 aliphatic carbocycles. The van der Waals surface area contributed by atoms with E-state index in [9.17, 15) is 24.9 Å². The Balaban J connectivity index is 1.47. The molecule has 0 saturated heterocycles. The Bertz CT molecular complexity index is 1070. The highest BCUT2D eigenvalue weighted by Gasteiger charge is 2.67. The van der Waals surface area contributed by atoms with Crippen LogP contribution in [-0.2, 0) is 9.53 Å². The molecular formula is C29H41NO6S. The van der Waals surface area contributed by atoms with Crippen LogP contribution in [0.2, 0.25) is 0 Å². The second kappa shape index (κ2) is 9.56. The molecule has 5 rings (SSSR count). The molecule has 0 radical (unpaired) electrons. The highest BCUT2D eigenvalue weighted by molar-refractivity contribution is 7.12. The van der Waals surface area contributed by atoms with Crippen molar-refractivity contribution in [2.45, 2.75) is 83.1 Å². The Morgan fingerprint density at radius 2 is 1.97 bits per heavy atom. The van der Waals surface area contributed by atoms with Gasteiger partial charge in [-0.3, -0.25) is 9.59 Å². The Hall–Kier alpha value is -1.58. The largest absolute Gasteiger partial charge is 0.390 e. The number of fused-ring (bicyclic) bond motifs is 5. The SMILES string of the molecule is COCCN(C(=O)c1cccs1)C(C)C1CC[C@@]2(O)C3=CC(=O)C4CC(O)C(O)CC4(C)C3CC[C@]12C. The average Bonchev–Trinajstić information content (AvgIpc) is 3.48. The molecule has 3 fully saturated rings. The van der Waals surface area contributed by atoms with Gasteiger partial charge in [0.2, 0.25) is 0 Å². The third-order valence-corrected chi connectivity index (χ3v) is 11.7. The van der Waals surface area contributed by atoms with E-state index < -0.39 is 28.6 Å². The normalized spacial score (nSPS) is 41.9. The summed E-state index contributed by atoms with van der Waals surface area (Å²) in [5.41, 5.74) is -1.30. The van der Waals surface area contributed by atoms with E-state index in [0.29, 0.717) is 30.9 Å². The molecule has 9 atom stereocenters. The molecule has 4 aliphatic rings. The molecule has 0 aliphatic heterocycles. The van der Waals surface area contributed by atoms with E-state index >= 15 is 0 Å². The van der Waals surface area contributed by atoms with Gasteiger partial charge in [-0.25, -0.2) is 0 Å². The quantitative estimate of drug-likeness (QED) is 0.519. The Kier molecular flexibility index (Phi) is 6.98. The fourth-order valence-electron chi connectivity index (χ4n) is 8.62. The first-order valence-electron chi connectivity index (χ1n) is 13.7. The van der Waals surface area contributed by atoms with E-state index in [1.807, 2.05) is 22.4 Å². The fraction of sp³-hybridized carbons (Fsp3) is 0.724. The van der Waals surface area contributed by atoms with Crippen molar-refractivity contribution in [1.82, 2.24) is 4.90 Å². The zero-order valence-corrected chi connectivity index (χ0v) is 23.2. The monoisotopic (exact) mass is 531 g/mol. The summed E-state index contributed by atoms with van der Waals surface area (Å²) >= 11 is 1.43. The lowest BCUT2D eigenvalue weighted by Gasteiger charge is -2.60. The number of methoxy groups -OCH3 is 1. The number of rotatable bonds is 6. The lowest BCUT2D eigenvalue weighted by molar-refractivity contribution is -0.153. The predicted octanol–water partition coefficient (Wildman–Crippen LogP) is 3.43. The van der Waals surface area contributed by atoms with Gasteiger partial charge in [0, 0.05) is 31.0 Å². The highest BCUT2D eigenvalue weighted by Crippen LogP contribution is 2.67. The molecule has 0 bridgehead atoms. The van der Waals surface area contributed by atoms with E-state index in [4.69, 9.17) is 4.74 Å². The molecule has 37 heavy (non-hydrogen) atoms. The first-order valence-corrected chi connectivity index (χ1v) is 14.5. The van der Waals surface area contributed by atoms with Crippen LogP contribution in [0.1, 0.15) is 69.0 Å². The fourth-order valence-corrected chi connectivity index (χ4v) is 9.30. The number of carbonyl (C=O) groups is 2. The van der Waals surface area contributed by atoms with Gasteiger partial charge < -0.3 is 25.0 Å². The number of carbonyl (C=O) groups excluding carboxylic acids is 2. The average molecular weight is 532 g/mol. The Morgan fingerprint density at radius 1 is 1.22 bits per heavy atom. The Morgan fingerprint density at radius 3 is 2.65 bits per heavy atom. The molecule has 8 heteroatoms. The maximum absolute atomic E-state index is 13.5. The molecule has 3 saturated carbocycles. The van der Waals surface area contributed by atoms with Gasteiger partial charge in [-0.1, -0.05) is 19.9 Å². The van der Waals surface area contributed by atoms with Gasteiger partial charge in [0.25, 0.3) is 5.91 Å². The molecule has 7 unspecified atom stereocenters. The molecule has 3 N–H and O–H groups in total. The minimum Gasteiger partial charge on any atom is -0.390 e. The summed E-state index contributed by atoms with van der Waals surface area (Å²) in [7, 11) is 1.64. The van der Waals surface area contributed by atoms with Crippen LogP contribution in [0.3, 0.4) is 0 Å². The Labute approximate surface area is 223 Å². The van der Waals surface area contributed by atoms with Crippen molar-refractivity contribution in [3.8, 4) is 0 Å². The number of aliphatic hydroxyl groups is 3.